The first-order valence-corrected chi connectivity index (χ1v) is 11.4. The summed E-state index contributed by atoms with van der Waals surface area (Å²) < 4.78 is 27.8. The molecule has 134 valence electrons. The Kier molecular flexibility index (Phi) is 6.89. The number of nitrogens with one attached hydrogen (secondary N) is 1. The van der Waals surface area contributed by atoms with Crippen LogP contribution in [0.2, 0.25) is 10.0 Å². The lowest BCUT2D eigenvalue weighted by molar-refractivity contribution is -0.124. The molecule has 10 heteroatoms. The Morgan fingerprint density at radius 1 is 1.46 bits per heavy atom. The van der Waals surface area contributed by atoms with Gasteiger partial charge in [-0.15, -0.1) is 11.8 Å². The molecule has 0 aliphatic carbocycles. The van der Waals surface area contributed by atoms with Crippen molar-refractivity contribution in [2.24, 2.45) is 0 Å². The topological polar surface area (TPSA) is 66.5 Å². The van der Waals surface area contributed by atoms with Crippen LogP contribution < -0.4 is 5.32 Å². The van der Waals surface area contributed by atoms with Crippen LogP contribution in [0.1, 0.15) is 20.3 Å². The third kappa shape index (κ3) is 4.22. The van der Waals surface area contributed by atoms with Crippen LogP contribution in [0.3, 0.4) is 0 Å². The van der Waals surface area contributed by atoms with E-state index < -0.39 is 16.1 Å². The van der Waals surface area contributed by atoms with E-state index in [0.29, 0.717) is 10.2 Å². The van der Waals surface area contributed by atoms with E-state index in [1.165, 1.54) is 23.9 Å². The van der Waals surface area contributed by atoms with E-state index in [2.05, 4.69) is 21.2 Å². The predicted octanol–water partition coefficient (Wildman–Crippen LogP) is 3.73. The molecule has 0 bridgehead atoms. The summed E-state index contributed by atoms with van der Waals surface area (Å²) in [6, 6.07) is 2.15. The number of carbonyl (C=O) groups excluding carboxylic acids is 1. The van der Waals surface area contributed by atoms with Gasteiger partial charge in [0.2, 0.25) is 15.9 Å². The number of nitrogens with zero attached hydrogens (tertiary/aromatic N) is 1. The second kappa shape index (κ2) is 8.14. The monoisotopic (exact) mass is 474 g/mol. The average Bonchev–Trinajstić information content (AvgIpc) is 2.95. The molecular formula is C14H17BrCl2N2O3S2. The molecule has 1 N–H and O–H groups in total. The molecule has 2 atom stereocenters. The number of benzene rings is 1. The van der Waals surface area contributed by atoms with Crippen molar-refractivity contribution in [3.8, 4) is 0 Å². The molecule has 1 aliphatic heterocycles. The molecule has 1 aromatic rings. The first kappa shape index (κ1) is 20.3. The maximum Gasteiger partial charge on any atom is 0.247 e. The molecule has 1 fully saturated rings. The molecule has 2 unspecified atom stereocenters. The summed E-state index contributed by atoms with van der Waals surface area (Å²) >= 11 is 16.8. The molecule has 0 radical (unpaired) electrons. The molecule has 5 nitrogen and oxygen atoms in total. The van der Waals surface area contributed by atoms with E-state index in [4.69, 9.17) is 23.2 Å². The highest BCUT2D eigenvalue weighted by atomic mass is 79.9. The molecule has 24 heavy (non-hydrogen) atoms. The fourth-order valence-electron chi connectivity index (χ4n) is 2.20. The van der Waals surface area contributed by atoms with Gasteiger partial charge in [-0.05, 0) is 25.5 Å². The van der Waals surface area contributed by atoms with Gasteiger partial charge < -0.3 is 5.32 Å². The van der Waals surface area contributed by atoms with Crippen molar-refractivity contribution < 1.29 is 13.2 Å². The van der Waals surface area contributed by atoms with Crippen LogP contribution in [0.25, 0.3) is 0 Å². The number of sulfonamides is 1. The van der Waals surface area contributed by atoms with Gasteiger partial charge in [0.05, 0.1) is 15.9 Å². The Balaban J connectivity index is 2.37. The number of hydrogen-bond acceptors (Lipinski definition) is 4. The molecule has 1 aliphatic rings. The zero-order valence-electron chi connectivity index (χ0n) is 13.1. The van der Waals surface area contributed by atoms with Crippen LogP contribution in [0, 0.1) is 0 Å². The molecule has 0 aromatic heterocycles. The largest absolute Gasteiger partial charge is 0.352 e. The van der Waals surface area contributed by atoms with Crippen LogP contribution in [0.15, 0.2) is 21.5 Å². The van der Waals surface area contributed by atoms with Gasteiger partial charge in [-0.3, -0.25) is 4.79 Å². The lowest BCUT2D eigenvalue weighted by Crippen LogP contribution is -2.49. The summed E-state index contributed by atoms with van der Waals surface area (Å²) in [4.78, 5) is 12.3. The van der Waals surface area contributed by atoms with Crippen LogP contribution >= 0.6 is 50.9 Å². The van der Waals surface area contributed by atoms with Crippen LogP contribution in [0.4, 0.5) is 0 Å². The molecule has 0 saturated carbocycles. The number of carbonyl (C=O) groups is 1. The van der Waals surface area contributed by atoms with Crippen molar-refractivity contribution in [3.63, 3.8) is 0 Å². The van der Waals surface area contributed by atoms with Gasteiger partial charge in [-0.25, -0.2) is 8.42 Å². The lowest BCUT2D eigenvalue weighted by Gasteiger charge is -2.24. The van der Waals surface area contributed by atoms with Gasteiger partial charge >= 0.3 is 0 Å². The number of amides is 1. The second-order valence-corrected chi connectivity index (χ2v) is 9.98. The third-order valence-corrected chi connectivity index (χ3v) is 8.09. The Hall–Kier alpha value is 0.01000. The van der Waals surface area contributed by atoms with Crippen molar-refractivity contribution in [3.05, 3.63) is 26.7 Å². The zero-order chi connectivity index (χ0) is 18.1. The second-order valence-electron chi connectivity index (χ2n) is 5.42. The van der Waals surface area contributed by atoms with Crippen molar-refractivity contribution >= 4 is 66.8 Å². The summed E-state index contributed by atoms with van der Waals surface area (Å²) in [5.41, 5.74) is 0. The van der Waals surface area contributed by atoms with Crippen LogP contribution in [0.5, 0.6) is 0 Å². The normalized spacial score (nSPS) is 20.1. The number of thioether (sulfide) groups is 1. The molecule has 1 amide bonds. The van der Waals surface area contributed by atoms with Gasteiger partial charge in [0.1, 0.15) is 10.9 Å². The maximum atomic E-state index is 13.0. The molecule has 1 aromatic carbocycles. The van der Waals surface area contributed by atoms with Crippen LogP contribution in [-0.4, -0.2) is 42.3 Å². The first-order valence-electron chi connectivity index (χ1n) is 7.23. The lowest BCUT2D eigenvalue weighted by atomic mass is 10.2. The quantitative estimate of drug-likeness (QED) is 0.704. The van der Waals surface area contributed by atoms with E-state index in [0.717, 1.165) is 10.7 Å². The van der Waals surface area contributed by atoms with Gasteiger partial charge in [0.25, 0.3) is 0 Å². The molecular weight excluding hydrogens is 459 g/mol. The summed E-state index contributed by atoms with van der Waals surface area (Å²) in [5, 5.41) is 2.87. The van der Waals surface area contributed by atoms with Gasteiger partial charge in [-0.2, -0.15) is 4.31 Å². The SMILES string of the molecule is CCC(C)NC(=O)C1CSCN1S(=O)(=O)c1c(Cl)cc(Br)cc1Cl. The third-order valence-electron chi connectivity index (χ3n) is 3.68. The van der Waals surface area contributed by atoms with Crippen molar-refractivity contribution in [2.45, 2.75) is 37.2 Å². The first-order chi connectivity index (χ1) is 11.2. The molecule has 2 rings (SSSR count). The minimum atomic E-state index is -3.99. The van der Waals surface area contributed by atoms with Crippen molar-refractivity contribution in [2.75, 3.05) is 11.6 Å². The standard InChI is InChI=1S/C14H17BrCl2N2O3S2/c1-3-8(2)18-14(20)12-6-23-7-19(12)24(21,22)13-10(16)4-9(15)5-11(13)17/h4-5,8,12H,3,6-7H2,1-2H3,(H,18,20). The molecule has 1 heterocycles. The Labute approximate surface area is 164 Å². The summed E-state index contributed by atoms with van der Waals surface area (Å²) in [6.45, 7) is 3.82. The van der Waals surface area contributed by atoms with Gasteiger partial charge in [-0.1, -0.05) is 46.1 Å². The summed E-state index contributed by atoms with van der Waals surface area (Å²) in [7, 11) is -3.99. The smallest absolute Gasteiger partial charge is 0.247 e. The highest BCUT2D eigenvalue weighted by Crippen LogP contribution is 2.37. The summed E-state index contributed by atoms with van der Waals surface area (Å²) in [5.74, 6) is 0.277. The maximum absolute atomic E-state index is 13.0. The zero-order valence-corrected chi connectivity index (χ0v) is 17.8. The van der Waals surface area contributed by atoms with E-state index in [1.807, 2.05) is 13.8 Å². The number of rotatable bonds is 5. The Morgan fingerprint density at radius 2 is 2.04 bits per heavy atom. The molecule has 0 spiro atoms. The Morgan fingerprint density at radius 3 is 2.58 bits per heavy atom. The van der Waals surface area contributed by atoms with Crippen molar-refractivity contribution in [1.82, 2.24) is 9.62 Å². The van der Waals surface area contributed by atoms with Gasteiger partial charge in [0.15, 0.2) is 0 Å². The van der Waals surface area contributed by atoms with Gasteiger partial charge in [0, 0.05) is 16.3 Å². The fourth-order valence-corrected chi connectivity index (χ4v) is 7.24. The highest BCUT2D eigenvalue weighted by molar-refractivity contribution is 9.10. The fraction of sp³-hybridized carbons (Fsp3) is 0.500. The predicted molar refractivity (Wildman–Crippen MR) is 102 cm³/mol. The average molecular weight is 476 g/mol. The Bertz CT molecular complexity index is 723. The van der Waals surface area contributed by atoms with E-state index in [-0.39, 0.29) is 32.8 Å². The van der Waals surface area contributed by atoms with Crippen molar-refractivity contribution in [1.29, 1.82) is 0 Å². The highest BCUT2D eigenvalue weighted by Gasteiger charge is 2.41. The summed E-state index contributed by atoms with van der Waals surface area (Å²) in [6.07, 6.45) is 0.767. The van der Waals surface area contributed by atoms with E-state index >= 15 is 0 Å². The number of halogens is 3. The number of hydrogen-bond donors (Lipinski definition) is 1. The van der Waals surface area contributed by atoms with Crippen LogP contribution in [-0.2, 0) is 14.8 Å². The minimum Gasteiger partial charge on any atom is -0.352 e. The minimum absolute atomic E-state index is 0.0207. The van der Waals surface area contributed by atoms with E-state index in [9.17, 15) is 13.2 Å². The molecule has 1 saturated heterocycles. The van der Waals surface area contributed by atoms with E-state index in [1.54, 1.807) is 0 Å².